The van der Waals surface area contributed by atoms with Crippen molar-refractivity contribution in [2.45, 2.75) is 39.5 Å². The zero-order chi connectivity index (χ0) is 15.4. The summed E-state index contributed by atoms with van der Waals surface area (Å²) in [5, 5.41) is 0. The number of hydrogen-bond acceptors (Lipinski definition) is 4. The first-order valence-corrected chi connectivity index (χ1v) is 8.12. The standard InChI is InChI=1S/C17H25N5/c1-3-21-9-8-19-17(21)14-22-11-10-20(12-15(22)2)13-16-6-4-5-7-18-16/h4-9,15H,3,10-14H2,1-2H3/t15-/m1/s1. The molecule has 5 heteroatoms. The average Bonchev–Trinajstić information content (AvgIpc) is 2.98. The van der Waals surface area contributed by atoms with Crippen molar-refractivity contribution in [3.63, 3.8) is 0 Å². The molecule has 0 aromatic carbocycles. The Morgan fingerprint density at radius 3 is 2.77 bits per heavy atom. The minimum absolute atomic E-state index is 0.541. The second kappa shape index (κ2) is 7.03. The zero-order valence-corrected chi connectivity index (χ0v) is 13.5. The van der Waals surface area contributed by atoms with Crippen LogP contribution in [0.4, 0.5) is 0 Å². The molecule has 3 heterocycles. The third-order valence-corrected chi connectivity index (χ3v) is 4.45. The minimum Gasteiger partial charge on any atom is -0.334 e. The molecular formula is C17H25N5. The molecule has 1 aliphatic rings. The van der Waals surface area contributed by atoms with E-state index in [2.05, 4.69) is 56.5 Å². The first-order valence-electron chi connectivity index (χ1n) is 8.12. The van der Waals surface area contributed by atoms with Crippen molar-refractivity contribution in [2.24, 2.45) is 0 Å². The molecule has 118 valence electrons. The van der Waals surface area contributed by atoms with E-state index >= 15 is 0 Å². The summed E-state index contributed by atoms with van der Waals surface area (Å²) < 4.78 is 2.23. The van der Waals surface area contributed by atoms with Crippen LogP contribution in [0.5, 0.6) is 0 Å². The van der Waals surface area contributed by atoms with Crippen LogP contribution >= 0.6 is 0 Å². The van der Waals surface area contributed by atoms with Gasteiger partial charge in [-0.3, -0.25) is 14.8 Å². The topological polar surface area (TPSA) is 37.2 Å². The van der Waals surface area contributed by atoms with Gasteiger partial charge >= 0.3 is 0 Å². The van der Waals surface area contributed by atoms with Gasteiger partial charge in [-0.25, -0.2) is 4.98 Å². The molecule has 0 saturated carbocycles. The fraction of sp³-hybridized carbons (Fsp3) is 0.529. The Balaban J connectivity index is 1.56. The molecule has 0 spiro atoms. The van der Waals surface area contributed by atoms with Crippen LogP contribution in [-0.4, -0.2) is 50.0 Å². The van der Waals surface area contributed by atoms with E-state index in [0.29, 0.717) is 6.04 Å². The number of hydrogen-bond donors (Lipinski definition) is 0. The molecule has 2 aromatic heterocycles. The van der Waals surface area contributed by atoms with Crippen molar-refractivity contribution < 1.29 is 0 Å². The highest BCUT2D eigenvalue weighted by Crippen LogP contribution is 2.15. The molecule has 1 saturated heterocycles. The molecule has 2 aromatic rings. The third kappa shape index (κ3) is 3.54. The molecule has 1 aliphatic heterocycles. The van der Waals surface area contributed by atoms with Gasteiger partial charge in [-0.2, -0.15) is 0 Å². The van der Waals surface area contributed by atoms with Gasteiger partial charge in [0.05, 0.1) is 12.2 Å². The Morgan fingerprint density at radius 1 is 1.14 bits per heavy atom. The van der Waals surface area contributed by atoms with E-state index in [1.807, 2.05) is 18.5 Å². The largest absolute Gasteiger partial charge is 0.334 e. The van der Waals surface area contributed by atoms with Gasteiger partial charge in [0, 0.05) is 57.4 Å². The SMILES string of the molecule is CCn1ccnc1CN1CCN(Cc2ccccn2)C[C@H]1C. The Kier molecular flexibility index (Phi) is 4.85. The van der Waals surface area contributed by atoms with E-state index in [-0.39, 0.29) is 0 Å². The first kappa shape index (κ1) is 15.2. The lowest BCUT2D eigenvalue weighted by Gasteiger charge is -2.39. The summed E-state index contributed by atoms with van der Waals surface area (Å²) in [6.07, 6.45) is 5.84. The van der Waals surface area contributed by atoms with E-state index in [1.165, 1.54) is 5.82 Å². The molecule has 0 unspecified atom stereocenters. The van der Waals surface area contributed by atoms with Crippen LogP contribution in [0.3, 0.4) is 0 Å². The zero-order valence-electron chi connectivity index (χ0n) is 13.5. The summed E-state index contributed by atoms with van der Waals surface area (Å²) in [5.74, 6) is 1.17. The number of pyridine rings is 1. The molecule has 0 amide bonds. The summed E-state index contributed by atoms with van der Waals surface area (Å²) in [6.45, 7) is 10.6. The van der Waals surface area contributed by atoms with Gasteiger partial charge in [-0.15, -0.1) is 0 Å². The lowest BCUT2D eigenvalue weighted by Crippen LogP contribution is -2.51. The third-order valence-electron chi connectivity index (χ3n) is 4.45. The van der Waals surface area contributed by atoms with E-state index in [4.69, 9.17) is 0 Å². The van der Waals surface area contributed by atoms with Gasteiger partial charge in [0.25, 0.3) is 0 Å². The maximum Gasteiger partial charge on any atom is 0.122 e. The molecule has 0 N–H and O–H groups in total. The molecule has 22 heavy (non-hydrogen) atoms. The Hall–Kier alpha value is -1.72. The van der Waals surface area contributed by atoms with Gasteiger partial charge in [-0.05, 0) is 26.0 Å². The summed E-state index contributed by atoms with van der Waals surface area (Å²) in [6, 6.07) is 6.68. The van der Waals surface area contributed by atoms with E-state index < -0.39 is 0 Å². The highest BCUT2D eigenvalue weighted by atomic mass is 15.3. The fourth-order valence-electron chi connectivity index (χ4n) is 3.13. The second-order valence-corrected chi connectivity index (χ2v) is 6.01. The quantitative estimate of drug-likeness (QED) is 0.846. The molecule has 0 bridgehead atoms. The summed E-state index contributed by atoms with van der Waals surface area (Å²) in [7, 11) is 0. The van der Waals surface area contributed by atoms with Crippen molar-refractivity contribution in [1.29, 1.82) is 0 Å². The smallest absolute Gasteiger partial charge is 0.122 e. The van der Waals surface area contributed by atoms with Crippen LogP contribution in [0.25, 0.3) is 0 Å². The molecular weight excluding hydrogens is 274 g/mol. The second-order valence-electron chi connectivity index (χ2n) is 6.01. The van der Waals surface area contributed by atoms with Crippen LogP contribution in [0.2, 0.25) is 0 Å². The maximum atomic E-state index is 4.50. The van der Waals surface area contributed by atoms with E-state index in [1.54, 1.807) is 0 Å². The van der Waals surface area contributed by atoms with Crippen LogP contribution < -0.4 is 0 Å². The lowest BCUT2D eigenvalue weighted by molar-refractivity contribution is 0.0698. The number of aryl methyl sites for hydroxylation is 1. The number of nitrogens with zero attached hydrogens (tertiary/aromatic N) is 5. The molecule has 0 aliphatic carbocycles. The minimum atomic E-state index is 0.541. The van der Waals surface area contributed by atoms with Crippen molar-refractivity contribution >= 4 is 0 Å². The molecule has 1 atom stereocenters. The molecule has 3 rings (SSSR count). The number of piperazine rings is 1. The molecule has 1 fully saturated rings. The lowest BCUT2D eigenvalue weighted by atomic mass is 10.1. The van der Waals surface area contributed by atoms with Gasteiger partial charge < -0.3 is 4.57 Å². The van der Waals surface area contributed by atoms with Gasteiger partial charge in [0.2, 0.25) is 0 Å². The highest BCUT2D eigenvalue weighted by Gasteiger charge is 2.24. The predicted molar refractivity (Wildman–Crippen MR) is 87.3 cm³/mol. The Morgan fingerprint density at radius 2 is 2.05 bits per heavy atom. The predicted octanol–water partition coefficient (Wildman–Crippen LogP) is 2.00. The fourth-order valence-corrected chi connectivity index (χ4v) is 3.13. The maximum absolute atomic E-state index is 4.50. The van der Waals surface area contributed by atoms with E-state index in [0.717, 1.165) is 45.0 Å². The van der Waals surface area contributed by atoms with Gasteiger partial charge in [0.15, 0.2) is 0 Å². The van der Waals surface area contributed by atoms with Crippen molar-refractivity contribution in [1.82, 2.24) is 24.3 Å². The number of aromatic nitrogens is 3. The average molecular weight is 299 g/mol. The first-order chi connectivity index (χ1) is 10.8. The number of rotatable bonds is 5. The Bertz CT molecular complexity index is 580. The van der Waals surface area contributed by atoms with Crippen LogP contribution in [-0.2, 0) is 19.6 Å². The summed E-state index contributed by atoms with van der Waals surface area (Å²) >= 11 is 0. The Labute approximate surface area is 132 Å². The van der Waals surface area contributed by atoms with Gasteiger partial charge in [-0.1, -0.05) is 6.07 Å². The summed E-state index contributed by atoms with van der Waals surface area (Å²) in [4.78, 5) is 14.0. The van der Waals surface area contributed by atoms with Crippen LogP contribution in [0, 0.1) is 0 Å². The molecule has 0 radical (unpaired) electrons. The van der Waals surface area contributed by atoms with Crippen LogP contribution in [0.15, 0.2) is 36.8 Å². The van der Waals surface area contributed by atoms with Crippen molar-refractivity contribution in [3.8, 4) is 0 Å². The normalized spacial score (nSPS) is 20.4. The van der Waals surface area contributed by atoms with Crippen molar-refractivity contribution in [2.75, 3.05) is 19.6 Å². The summed E-state index contributed by atoms with van der Waals surface area (Å²) in [5.41, 5.74) is 1.16. The van der Waals surface area contributed by atoms with Crippen LogP contribution in [0.1, 0.15) is 25.4 Å². The van der Waals surface area contributed by atoms with Crippen molar-refractivity contribution in [3.05, 3.63) is 48.3 Å². The monoisotopic (exact) mass is 299 g/mol. The van der Waals surface area contributed by atoms with E-state index in [9.17, 15) is 0 Å². The molecule has 5 nitrogen and oxygen atoms in total. The number of imidazole rings is 1. The van der Waals surface area contributed by atoms with Gasteiger partial charge in [0.1, 0.15) is 5.82 Å². The highest BCUT2D eigenvalue weighted by molar-refractivity contribution is 5.04.